The number of nitrogens with zero attached hydrogens (tertiary/aromatic N) is 2. The van der Waals surface area contributed by atoms with E-state index >= 15 is 0 Å². The molecule has 0 N–H and O–H groups in total. The molecule has 0 aromatic heterocycles. The predicted octanol–water partition coefficient (Wildman–Crippen LogP) is 2.80. The van der Waals surface area contributed by atoms with Crippen LogP contribution in [0.1, 0.15) is 30.9 Å². The Morgan fingerprint density at radius 2 is 1.53 bits per heavy atom. The van der Waals surface area contributed by atoms with Gasteiger partial charge in [-0.1, -0.05) is 38.1 Å². The summed E-state index contributed by atoms with van der Waals surface area (Å²) in [6.45, 7) is 7.72. The molecule has 0 spiro atoms. The van der Waals surface area contributed by atoms with Crippen LogP contribution in [-0.4, -0.2) is 44.0 Å². The highest BCUT2D eigenvalue weighted by Gasteiger charge is 2.02. The van der Waals surface area contributed by atoms with Crippen LogP contribution >= 0.6 is 0 Å². The van der Waals surface area contributed by atoms with Crippen molar-refractivity contribution < 1.29 is 0 Å². The predicted molar refractivity (Wildman–Crippen MR) is 75.4 cm³/mol. The van der Waals surface area contributed by atoms with Crippen molar-refractivity contribution in [2.24, 2.45) is 0 Å². The lowest BCUT2D eigenvalue weighted by Gasteiger charge is -2.19. The third-order valence-corrected chi connectivity index (χ3v) is 3.03. The Hall–Kier alpha value is -0.860. The van der Waals surface area contributed by atoms with Crippen LogP contribution in [0, 0.1) is 0 Å². The average molecular weight is 234 g/mol. The van der Waals surface area contributed by atoms with E-state index in [1.165, 1.54) is 11.1 Å². The van der Waals surface area contributed by atoms with Crippen LogP contribution in [0.3, 0.4) is 0 Å². The molecule has 0 radical (unpaired) electrons. The van der Waals surface area contributed by atoms with Gasteiger partial charge in [0.2, 0.25) is 0 Å². The second-order valence-electron chi connectivity index (χ2n) is 5.44. The zero-order chi connectivity index (χ0) is 12.8. The van der Waals surface area contributed by atoms with Crippen LogP contribution in [0.2, 0.25) is 0 Å². The fourth-order valence-corrected chi connectivity index (χ4v) is 1.77. The Kier molecular flexibility index (Phi) is 5.66. The maximum absolute atomic E-state index is 2.37. The van der Waals surface area contributed by atoms with E-state index in [4.69, 9.17) is 0 Å². The molecule has 0 heterocycles. The van der Waals surface area contributed by atoms with Gasteiger partial charge in [-0.3, -0.25) is 0 Å². The molecule has 0 aliphatic heterocycles. The molecule has 0 aliphatic carbocycles. The average Bonchev–Trinajstić information content (AvgIpc) is 2.27. The number of likely N-dealkylation sites (N-methyl/N-ethyl adjacent to an activating group) is 2. The molecular formula is C15H26N2. The van der Waals surface area contributed by atoms with Crippen LogP contribution in [-0.2, 0) is 6.54 Å². The summed E-state index contributed by atoms with van der Waals surface area (Å²) in [5.74, 6) is 0.621. The number of rotatable bonds is 6. The summed E-state index contributed by atoms with van der Waals surface area (Å²) in [5.41, 5.74) is 2.82. The van der Waals surface area contributed by atoms with Crippen LogP contribution in [0.4, 0.5) is 0 Å². The molecule has 0 unspecified atom stereocenters. The summed E-state index contributed by atoms with van der Waals surface area (Å²) in [6, 6.07) is 9.00. The minimum Gasteiger partial charge on any atom is -0.308 e. The van der Waals surface area contributed by atoms with E-state index in [0.29, 0.717) is 5.92 Å². The fourth-order valence-electron chi connectivity index (χ4n) is 1.77. The Balaban J connectivity index is 2.45. The first-order valence-corrected chi connectivity index (χ1v) is 6.41. The molecule has 0 atom stereocenters. The third-order valence-electron chi connectivity index (χ3n) is 3.03. The second-order valence-corrected chi connectivity index (χ2v) is 5.44. The van der Waals surface area contributed by atoms with Gasteiger partial charge in [0, 0.05) is 19.6 Å². The van der Waals surface area contributed by atoms with E-state index < -0.39 is 0 Å². The van der Waals surface area contributed by atoms with Crippen molar-refractivity contribution in [3.8, 4) is 0 Å². The van der Waals surface area contributed by atoms with Crippen molar-refractivity contribution in [3.63, 3.8) is 0 Å². The molecular weight excluding hydrogens is 208 g/mol. The quantitative estimate of drug-likeness (QED) is 0.747. The summed E-state index contributed by atoms with van der Waals surface area (Å²) in [5, 5.41) is 0. The molecule has 1 aromatic rings. The monoisotopic (exact) mass is 234 g/mol. The van der Waals surface area contributed by atoms with Crippen molar-refractivity contribution in [2.45, 2.75) is 26.3 Å². The molecule has 0 amide bonds. The van der Waals surface area contributed by atoms with Gasteiger partial charge in [-0.15, -0.1) is 0 Å². The number of hydrogen-bond donors (Lipinski definition) is 0. The summed E-state index contributed by atoms with van der Waals surface area (Å²) in [7, 11) is 6.41. The molecule has 0 saturated carbocycles. The lowest BCUT2D eigenvalue weighted by Crippen LogP contribution is -2.28. The molecule has 0 bridgehead atoms. The Morgan fingerprint density at radius 1 is 0.941 bits per heavy atom. The highest BCUT2D eigenvalue weighted by atomic mass is 15.1. The summed E-state index contributed by atoms with van der Waals surface area (Å²) in [6.07, 6.45) is 0. The molecule has 0 saturated heterocycles. The van der Waals surface area contributed by atoms with Crippen LogP contribution in [0.5, 0.6) is 0 Å². The molecule has 17 heavy (non-hydrogen) atoms. The van der Waals surface area contributed by atoms with E-state index in [2.05, 4.69) is 69.1 Å². The maximum Gasteiger partial charge on any atom is 0.0231 e. The fraction of sp³-hybridized carbons (Fsp3) is 0.600. The first kappa shape index (κ1) is 14.2. The van der Waals surface area contributed by atoms with E-state index in [1.54, 1.807) is 0 Å². The van der Waals surface area contributed by atoms with Crippen molar-refractivity contribution in [3.05, 3.63) is 35.4 Å². The smallest absolute Gasteiger partial charge is 0.0231 e. The normalized spacial score (nSPS) is 11.8. The Bertz CT molecular complexity index is 314. The van der Waals surface area contributed by atoms with Gasteiger partial charge in [0.05, 0.1) is 0 Å². The van der Waals surface area contributed by atoms with Crippen molar-refractivity contribution in [2.75, 3.05) is 34.2 Å². The molecule has 2 nitrogen and oxygen atoms in total. The lowest BCUT2D eigenvalue weighted by molar-refractivity contribution is 0.276. The summed E-state index contributed by atoms with van der Waals surface area (Å²) >= 11 is 0. The minimum absolute atomic E-state index is 0.621. The van der Waals surface area contributed by atoms with Gasteiger partial charge in [0.25, 0.3) is 0 Å². The Morgan fingerprint density at radius 3 is 2.00 bits per heavy atom. The molecule has 0 fully saturated rings. The number of hydrogen-bond acceptors (Lipinski definition) is 2. The van der Waals surface area contributed by atoms with Crippen LogP contribution < -0.4 is 0 Å². The van der Waals surface area contributed by atoms with E-state index in [1.807, 2.05) is 0 Å². The lowest BCUT2D eigenvalue weighted by atomic mass is 10.0. The Labute approximate surface area is 106 Å². The van der Waals surface area contributed by atoms with Crippen molar-refractivity contribution >= 4 is 0 Å². The maximum atomic E-state index is 2.37. The molecule has 1 rings (SSSR count). The number of benzene rings is 1. The van der Waals surface area contributed by atoms with E-state index in [-0.39, 0.29) is 0 Å². The standard InChI is InChI=1S/C15H26N2/c1-13(2)15-8-6-14(7-9-15)12-17(5)11-10-16(3)4/h6-9,13H,10-12H2,1-5H3. The summed E-state index contributed by atoms with van der Waals surface area (Å²) in [4.78, 5) is 4.59. The molecule has 2 heteroatoms. The van der Waals surface area contributed by atoms with Crippen molar-refractivity contribution in [1.29, 1.82) is 0 Å². The van der Waals surface area contributed by atoms with Gasteiger partial charge in [0.1, 0.15) is 0 Å². The minimum atomic E-state index is 0.621. The highest BCUT2D eigenvalue weighted by molar-refractivity contribution is 5.24. The first-order chi connectivity index (χ1) is 7.99. The van der Waals surface area contributed by atoms with E-state index in [9.17, 15) is 0 Å². The molecule has 1 aromatic carbocycles. The van der Waals surface area contributed by atoms with Crippen molar-refractivity contribution in [1.82, 2.24) is 9.80 Å². The van der Waals surface area contributed by atoms with Gasteiger partial charge < -0.3 is 9.80 Å². The zero-order valence-corrected chi connectivity index (χ0v) is 11.9. The molecule has 0 aliphatic rings. The van der Waals surface area contributed by atoms with Crippen LogP contribution in [0.25, 0.3) is 0 Å². The van der Waals surface area contributed by atoms with Gasteiger partial charge in [0.15, 0.2) is 0 Å². The van der Waals surface area contributed by atoms with Crippen LogP contribution in [0.15, 0.2) is 24.3 Å². The second kappa shape index (κ2) is 6.77. The van der Waals surface area contributed by atoms with E-state index in [0.717, 1.165) is 19.6 Å². The summed E-state index contributed by atoms with van der Waals surface area (Å²) < 4.78 is 0. The highest BCUT2D eigenvalue weighted by Crippen LogP contribution is 2.15. The molecule has 96 valence electrons. The van der Waals surface area contributed by atoms with Gasteiger partial charge >= 0.3 is 0 Å². The first-order valence-electron chi connectivity index (χ1n) is 6.41. The third kappa shape index (κ3) is 5.33. The van der Waals surface area contributed by atoms with Gasteiger partial charge in [-0.05, 0) is 38.2 Å². The van der Waals surface area contributed by atoms with Gasteiger partial charge in [-0.25, -0.2) is 0 Å². The van der Waals surface area contributed by atoms with Gasteiger partial charge in [-0.2, -0.15) is 0 Å². The zero-order valence-electron chi connectivity index (χ0n) is 11.9. The topological polar surface area (TPSA) is 6.48 Å². The SMILES string of the molecule is CC(C)c1ccc(CN(C)CCN(C)C)cc1. The largest absolute Gasteiger partial charge is 0.308 e.